The zero-order chi connectivity index (χ0) is 20.5. The van der Waals surface area contributed by atoms with E-state index in [0.29, 0.717) is 27.7 Å². The van der Waals surface area contributed by atoms with Crippen molar-refractivity contribution in [3.05, 3.63) is 40.4 Å². The minimum absolute atomic E-state index is 0.0217. The summed E-state index contributed by atoms with van der Waals surface area (Å²) >= 11 is 1.17. The molecular formula is C18H18F6N2OS. The number of piperidine rings is 1. The van der Waals surface area contributed by atoms with Gasteiger partial charge in [0, 0.05) is 12.1 Å². The van der Waals surface area contributed by atoms with Gasteiger partial charge in [0.1, 0.15) is 5.01 Å². The number of alkyl halides is 6. The molecule has 0 aliphatic carbocycles. The Morgan fingerprint density at radius 2 is 1.64 bits per heavy atom. The molecule has 0 unspecified atom stereocenters. The predicted octanol–water partition coefficient (Wildman–Crippen LogP) is 5.10. The van der Waals surface area contributed by atoms with Crippen LogP contribution in [0.5, 0.6) is 0 Å². The van der Waals surface area contributed by atoms with Crippen molar-refractivity contribution in [3.63, 3.8) is 0 Å². The van der Waals surface area contributed by atoms with Crippen molar-refractivity contribution in [3.8, 4) is 10.6 Å². The van der Waals surface area contributed by atoms with Crippen molar-refractivity contribution in [1.29, 1.82) is 0 Å². The number of hydrogen-bond donors (Lipinski definition) is 1. The third kappa shape index (κ3) is 4.84. The maximum absolute atomic E-state index is 12.8. The Hall–Kier alpha value is -1.65. The Morgan fingerprint density at radius 3 is 2.14 bits per heavy atom. The molecule has 1 fully saturated rings. The Labute approximate surface area is 161 Å². The van der Waals surface area contributed by atoms with E-state index in [1.54, 1.807) is 0 Å². The lowest BCUT2D eigenvalue weighted by molar-refractivity contribution is -0.185. The topological polar surface area (TPSA) is 36.4 Å². The van der Waals surface area contributed by atoms with Gasteiger partial charge < -0.3 is 5.11 Å². The summed E-state index contributed by atoms with van der Waals surface area (Å²) in [4.78, 5) is 6.84. The molecule has 1 aliphatic heterocycles. The van der Waals surface area contributed by atoms with E-state index in [4.69, 9.17) is 0 Å². The minimum atomic E-state index is -4.43. The van der Waals surface area contributed by atoms with Gasteiger partial charge in [-0.3, -0.25) is 4.90 Å². The third-order valence-electron chi connectivity index (χ3n) is 4.80. The first-order valence-corrected chi connectivity index (χ1v) is 9.45. The predicted molar refractivity (Wildman–Crippen MR) is 92.5 cm³/mol. The van der Waals surface area contributed by atoms with Gasteiger partial charge in [0.15, 0.2) is 0 Å². The lowest BCUT2D eigenvalue weighted by atomic mass is 9.96. The Morgan fingerprint density at radius 1 is 1.04 bits per heavy atom. The maximum atomic E-state index is 12.8. The van der Waals surface area contributed by atoms with Crippen molar-refractivity contribution >= 4 is 11.3 Å². The van der Waals surface area contributed by atoms with Crippen LogP contribution >= 0.6 is 11.3 Å². The summed E-state index contributed by atoms with van der Waals surface area (Å²) in [7, 11) is 0. The zero-order valence-corrected chi connectivity index (χ0v) is 15.5. The van der Waals surface area contributed by atoms with Gasteiger partial charge >= 0.3 is 12.4 Å². The third-order valence-corrected chi connectivity index (χ3v) is 5.94. The van der Waals surface area contributed by atoms with Crippen LogP contribution in [-0.2, 0) is 19.3 Å². The normalized spacial score (nSPS) is 17.2. The number of aromatic nitrogens is 1. The van der Waals surface area contributed by atoms with Crippen molar-refractivity contribution < 1.29 is 31.4 Å². The lowest BCUT2D eigenvalue weighted by Crippen LogP contribution is -2.38. The molecule has 1 aliphatic rings. The summed E-state index contributed by atoms with van der Waals surface area (Å²) < 4.78 is 76.4. The first-order valence-electron chi connectivity index (χ1n) is 8.64. The number of halogens is 6. The fourth-order valence-corrected chi connectivity index (χ4v) is 4.12. The van der Waals surface area contributed by atoms with Crippen LogP contribution in [0.3, 0.4) is 0 Å². The Bertz CT molecular complexity index is 792. The van der Waals surface area contributed by atoms with E-state index in [2.05, 4.69) is 4.98 Å². The summed E-state index contributed by atoms with van der Waals surface area (Å²) in [6.07, 6.45) is -8.56. The fraction of sp³-hybridized carbons (Fsp3) is 0.500. The van der Waals surface area contributed by atoms with Crippen LogP contribution < -0.4 is 0 Å². The van der Waals surface area contributed by atoms with Crippen molar-refractivity contribution in [2.24, 2.45) is 5.92 Å². The van der Waals surface area contributed by atoms with E-state index >= 15 is 0 Å². The number of aliphatic hydroxyl groups is 1. The number of hydrogen-bond acceptors (Lipinski definition) is 4. The van der Waals surface area contributed by atoms with Crippen LogP contribution in [0, 0.1) is 5.92 Å². The molecule has 1 aromatic heterocycles. The monoisotopic (exact) mass is 424 g/mol. The SMILES string of the molecule is OCc1sc(-c2ccc(C(F)(F)F)cc2)nc1CN1CCC(C(F)(F)F)CC1. The van der Waals surface area contributed by atoms with Crippen LogP contribution in [0.1, 0.15) is 29.0 Å². The van der Waals surface area contributed by atoms with Crippen LogP contribution in [-0.4, -0.2) is 34.3 Å². The minimum Gasteiger partial charge on any atom is -0.391 e. The zero-order valence-electron chi connectivity index (χ0n) is 14.6. The molecule has 2 aromatic rings. The average molecular weight is 424 g/mol. The van der Waals surface area contributed by atoms with E-state index in [-0.39, 0.29) is 32.5 Å². The van der Waals surface area contributed by atoms with Crippen LogP contribution in [0.15, 0.2) is 24.3 Å². The smallest absolute Gasteiger partial charge is 0.391 e. The molecule has 0 spiro atoms. The molecule has 0 radical (unpaired) electrons. The summed E-state index contributed by atoms with van der Waals surface area (Å²) in [6, 6.07) is 4.58. The molecule has 0 bridgehead atoms. The highest BCUT2D eigenvalue weighted by Crippen LogP contribution is 2.36. The molecule has 154 valence electrons. The molecule has 0 saturated carbocycles. The van der Waals surface area contributed by atoms with E-state index in [0.717, 1.165) is 12.1 Å². The van der Waals surface area contributed by atoms with E-state index < -0.39 is 23.8 Å². The van der Waals surface area contributed by atoms with Gasteiger partial charge in [0.2, 0.25) is 0 Å². The van der Waals surface area contributed by atoms with Crippen molar-refractivity contribution in [2.45, 2.75) is 38.3 Å². The number of likely N-dealkylation sites (tertiary alicyclic amines) is 1. The van der Waals surface area contributed by atoms with Crippen LogP contribution in [0.2, 0.25) is 0 Å². The van der Waals surface area contributed by atoms with Crippen molar-refractivity contribution in [2.75, 3.05) is 13.1 Å². The summed E-state index contributed by atoms with van der Waals surface area (Å²) in [5.74, 6) is -1.29. The maximum Gasteiger partial charge on any atom is 0.416 e. The van der Waals surface area contributed by atoms with E-state index in [1.807, 2.05) is 4.90 Å². The second-order valence-corrected chi connectivity index (χ2v) is 7.80. The number of nitrogens with zero attached hydrogens (tertiary/aromatic N) is 2. The lowest BCUT2D eigenvalue weighted by Gasteiger charge is -2.32. The van der Waals surface area contributed by atoms with Gasteiger partial charge in [-0.2, -0.15) is 26.3 Å². The molecular weight excluding hydrogens is 406 g/mol. The summed E-state index contributed by atoms with van der Waals surface area (Å²) in [6.45, 7) is 0.578. The highest BCUT2D eigenvalue weighted by Gasteiger charge is 2.41. The van der Waals surface area contributed by atoms with Gasteiger partial charge in [-0.05, 0) is 38.1 Å². The van der Waals surface area contributed by atoms with Gasteiger partial charge in [0.05, 0.1) is 28.7 Å². The first-order chi connectivity index (χ1) is 13.1. The Balaban J connectivity index is 1.71. The molecule has 2 heterocycles. The summed E-state index contributed by atoms with van der Waals surface area (Å²) in [5.41, 5.74) is 0.283. The number of rotatable bonds is 4. The molecule has 10 heteroatoms. The molecule has 3 nitrogen and oxygen atoms in total. The Kier molecular flexibility index (Phi) is 6.02. The van der Waals surface area contributed by atoms with Gasteiger partial charge in [-0.1, -0.05) is 12.1 Å². The van der Waals surface area contributed by atoms with E-state index in [9.17, 15) is 31.4 Å². The second kappa shape index (κ2) is 8.00. The standard InChI is InChI=1S/C18H18F6N2OS/c19-17(20,21)12-3-1-11(2-4-12)16-25-14(15(10-27)28-16)9-26-7-5-13(6-8-26)18(22,23)24/h1-4,13,27H,5-10H2. The van der Waals surface area contributed by atoms with Crippen LogP contribution in [0.25, 0.3) is 10.6 Å². The molecule has 0 amide bonds. The average Bonchev–Trinajstić information content (AvgIpc) is 3.03. The van der Waals surface area contributed by atoms with Gasteiger partial charge in [-0.15, -0.1) is 11.3 Å². The number of thiazole rings is 1. The first kappa shape index (κ1) is 21.1. The van der Waals surface area contributed by atoms with E-state index in [1.165, 1.54) is 23.5 Å². The van der Waals surface area contributed by atoms with Crippen LogP contribution in [0.4, 0.5) is 26.3 Å². The number of aliphatic hydroxyl groups excluding tert-OH is 1. The van der Waals surface area contributed by atoms with Gasteiger partial charge in [-0.25, -0.2) is 4.98 Å². The highest BCUT2D eigenvalue weighted by molar-refractivity contribution is 7.15. The van der Waals surface area contributed by atoms with Gasteiger partial charge in [0.25, 0.3) is 0 Å². The molecule has 28 heavy (non-hydrogen) atoms. The number of benzene rings is 1. The quantitative estimate of drug-likeness (QED) is 0.695. The second-order valence-electron chi connectivity index (χ2n) is 6.71. The molecule has 1 saturated heterocycles. The molecule has 0 atom stereocenters. The fourth-order valence-electron chi connectivity index (χ4n) is 3.19. The molecule has 1 N–H and O–H groups in total. The molecule has 1 aromatic carbocycles. The highest BCUT2D eigenvalue weighted by atomic mass is 32.1. The largest absolute Gasteiger partial charge is 0.416 e. The molecule has 3 rings (SSSR count). The van der Waals surface area contributed by atoms with Crippen molar-refractivity contribution in [1.82, 2.24) is 9.88 Å². The summed E-state index contributed by atoms with van der Waals surface area (Å²) in [5, 5.41) is 10.0.